The first kappa shape index (κ1) is 21.1. The molecule has 11 heteroatoms. The Labute approximate surface area is 190 Å². The summed E-state index contributed by atoms with van der Waals surface area (Å²) in [4.78, 5) is 31.2. The molecular weight excluding hydrogens is 426 g/mol. The molecule has 2 N–H and O–H groups in total. The molecule has 2 aliphatic rings. The number of aromatic nitrogens is 4. The van der Waals surface area contributed by atoms with Crippen LogP contribution in [0.1, 0.15) is 22.8 Å². The fourth-order valence-electron chi connectivity index (χ4n) is 4.45. The Kier molecular flexibility index (Phi) is 5.55. The summed E-state index contributed by atoms with van der Waals surface area (Å²) in [6.45, 7) is 1.05. The number of rotatable bonds is 6. The largest absolute Gasteiger partial charge is 0.497 e. The molecule has 0 spiro atoms. The van der Waals surface area contributed by atoms with Crippen LogP contribution < -0.4 is 15.4 Å². The number of aryl methyl sites for hydroxylation is 1. The van der Waals surface area contributed by atoms with Crippen LogP contribution >= 0.6 is 0 Å². The molecular formula is C22H25N7O4. The molecule has 11 nitrogen and oxygen atoms in total. The molecule has 0 unspecified atom stereocenters. The van der Waals surface area contributed by atoms with Gasteiger partial charge in [0.05, 0.1) is 19.5 Å². The number of methoxy groups -OCH3 is 1. The number of nitrogens with zero attached hydrogens (tertiary/aromatic N) is 5. The predicted molar refractivity (Wildman–Crippen MR) is 116 cm³/mol. The van der Waals surface area contributed by atoms with Crippen molar-refractivity contribution in [1.82, 2.24) is 35.3 Å². The van der Waals surface area contributed by atoms with Crippen LogP contribution in [0.2, 0.25) is 0 Å². The number of benzene rings is 1. The summed E-state index contributed by atoms with van der Waals surface area (Å²) in [6.07, 6.45) is 4.30. The lowest BCUT2D eigenvalue weighted by molar-refractivity contribution is -0.129. The minimum absolute atomic E-state index is 0.00591. The van der Waals surface area contributed by atoms with Gasteiger partial charge in [-0.25, -0.2) is 4.98 Å². The third kappa shape index (κ3) is 4.31. The van der Waals surface area contributed by atoms with E-state index in [1.54, 1.807) is 24.2 Å². The Balaban J connectivity index is 1.25. The van der Waals surface area contributed by atoms with E-state index in [-0.39, 0.29) is 29.9 Å². The number of carbonyl (C=O) groups is 2. The van der Waals surface area contributed by atoms with E-state index in [1.807, 2.05) is 31.3 Å². The Morgan fingerprint density at radius 3 is 2.85 bits per heavy atom. The summed E-state index contributed by atoms with van der Waals surface area (Å²) in [5.74, 6) is 1.43. The van der Waals surface area contributed by atoms with Gasteiger partial charge >= 0.3 is 0 Å². The van der Waals surface area contributed by atoms with Crippen LogP contribution in [-0.4, -0.2) is 74.8 Å². The van der Waals surface area contributed by atoms with Gasteiger partial charge in [0.2, 0.25) is 17.7 Å². The van der Waals surface area contributed by atoms with Gasteiger partial charge in [0.1, 0.15) is 11.4 Å². The zero-order valence-electron chi connectivity index (χ0n) is 18.4. The van der Waals surface area contributed by atoms with Gasteiger partial charge in [0.15, 0.2) is 0 Å². The minimum Gasteiger partial charge on any atom is -0.497 e. The Hall–Kier alpha value is -3.73. The smallest absolute Gasteiger partial charge is 0.271 e. The second kappa shape index (κ2) is 8.66. The van der Waals surface area contributed by atoms with E-state index < -0.39 is 0 Å². The monoisotopic (exact) mass is 451 g/mol. The number of nitrogens with one attached hydrogen (secondary N) is 2. The van der Waals surface area contributed by atoms with Crippen molar-refractivity contribution < 1.29 is 18.7 Å². The Morgan fingerprint density at radius 1 is 1.30 bits per heavy atom. The van der Waals surface area contributed by atoms with Gasteiger partial charge in [-0.05, 0) is 30.7 Å². The first-order chi connectivity index (χ1) is 16.0. The number of amides is 2. The van der Waals surface area contributed by atoms with E-state index in [0.29, 0.717) is 43.4 Å². The third-order valence-corrected chi connectivity index (χ3v) is 6.11. The van der Waals surface area contributed by atoms with Crippen LogP contribution in [0.15, 0.2) is 41.2 Å². The molecule has 2 saturated heterocycles. The molecule has 0 aliphatic carbocycles. The summed E-state index contributed by atoms with van der Waals surface area (Å²) in [5.41, 5.74) is 1.17. The van der Waals surface area contributed by atoms with Crippen molar-refractivity contribution in [3.05, 3.63) is 48.4 Å². The van der Waals surface area contributed by atoms with Crippen molar-refractivity contribution in [3.8, 4) is 17.2 Å². The van der Waals surface area contributed by atoms with Crippen LogP contribution in [-0.2, 0) is 18.3 Å². The second-order valence-electron chi connectivity index (χ2n) is 8.38. The quantitative estimate of drug-likeness (QED) is 0.551. The van der Waals surface area contributed by atoms with Gasteiger partial charge in [-0.2, -0.15) is 0 Å². The lowest BCUT2D eigenvalue weighted by Gasteiger charge is -2.36. The molecule has 4 heterocycles. The highest BCUT2D eigenvalue weighted by Crippen LogP contribution is 2.27. The number of fused-ring (bicyclic) bond motifs is 1. The van der Waals surface area contributed by atoms with Crippen LogP contribution in [0.3, 0.4) is 0 Å². The summed E-state index contributed by atoms with van der Waals surface area (Å²) in [7, 11) is 3.43. The number of ether oxygens (including phenoxy) is 1. The maximum Gasteiger partial charge on any atom is 0.271 e. The van der Waals surface area contributed by atoms with Gasteiger partial charge < -0.3 is 24.4 Å². The molecule has 0 saturated carbocycles. The number of carbonyl (C=O) groups excluding carboxylic acids is 2. The highest BCUT2D eigenvalue weighted by atomic mass is 16.5. The summed E-state index contributed by atoms with van der Waals surface area (Å²) in [5, 5.41) is 14.4. The van der Waals surface area contributed by atoms with Gasteiger partial charge in [-0.1, -0.05) is 0 Å². The fraction of sp³-hybridized carbons (Fsp3) is 0.409. The zero-order chi connectivity index (χ0) is 22.9. The van der Waals surface area contributed by atoms with Crippen LogP contribution in [0, 0.1) is 0 Å². The van der Waals surface area contributed by atoms with Crippen LogP contribution in [0.25, 0.3) is 11.5 Å². The van der Waals surface area contributed by atoms with Crippen molar-refractivity contribution in [1.29, 1.82) is 0 Å². The molecule has 2 aromatic heterocycles. The maximum absolute atomic E-state index is 12.5. The SMILES string of the molecule is COc1ccc(-c2nnc(C[C@@H]3CNC(=O)[C@@H]4C[C@H](NC(=O)c5cn(C)cn5)CN34)o2)cc1. The average molecular weight is 451 g/mol. The summed E-state index contributed by atoms with van der Waals surface area (Å²) >= 11 is 0. The van der Waals surface area contributed by atoms with Gasteiger partial charge in [-0.15, -0.1) is 10.2 Å². The minimum atomic E-state index is -0.304. The molecule has 0 bridgehead atoms. The van der Waals surface area contributed by atoms with E-state index in [9.17, 15) is 9.59 Å². The van der Waals surface area contributed by atoms with Crippen molar-refractivity contribution in [2.24, 2.45) is 7.05 Å². The van der Waals surface area contributed by atoms with Gasteiger partial charge in [0, 0.05) is 50.4 Å². The summed E-state index contributed by atoms with van der Waals surface area (Å²) in [6, 6.07) is 6.95. The molecule has 2 amide bonds. The highest BCUT2D eigenvalue weighted by Gasteiger charge is 2.44. The van der Waals surface area contributed by atoms with E-state index in [4.69, 9.17) is 9.15 Å². The molecule has 33 heavy (non-hydrogen) atoms. The number of hydrogen-bond acceptors (Lipinski definition) is 8. The molecule has 2 fully saturated rings. The molecule has 2 aliphatic heterocycles. The van der Waals surface area contributed by atoms with Crippen molar-refractivity contribution in [2.45, 2.75) is 31.0 Å². The van der Waals surface area contributed by atoms with Crippen LogP contribution in [0.4, 0.5) is 0 Å². The normalized spacial score (nSPS) is 22.6. The van der Waals surface area contributed by atoms with E-state index in [2.05, 4.69) is 30.7 Å². The average Bonchev–Trinajstić information content (AvgIpc) is 3.56. The topological polar surface area (TPSA) is 127 Å². The zero-order valence-corrected chi connectivity index (χ0v) is 18.4. The molecule has 1 aromatic carbocycles. The maximum atomic E-state index is 12.5. The van der Waals surface area contributed by atoms with Gasteiger partial charge in [-0.3, -0.25) is 14.5 Å². The number of hydrogen-bond donors (Lipinski definition) is 2. The standard InChI is InChI=1S/C22H25N7O4/c1-28-11-17(24-12-28)20(30)25-14-7-18-21(31)23-9-15(29(18)10-14)8-19-26-27-22(33-19)13-3-5-16(32-2)6-4-13/h3-6,11-12,14-15,18H,7-10H2,1-2H3,(H,23,31)(H,25,30)/t14-,15+,18-/m0/s1. The van der Waals surface area contributed by atoms with E-state index >= 15 is 0 Å². The highest BCUT2D eigenvalue weighted by molar-refractivity contribution is 5.92. The second-order valence-corrected chi connectivity index (χ2v) is 8.38. The number of piperazine rings is 1. The molecule has 172 valence electrons. The molecule has 3 aromatic rings. The number of imidazole rings is 1. The van der Waals surface area contributed by atoms with Crippen molar-refractivity contribution in [2.75, 3.05) is 20.2 Å². The third-order valence-electron chi connectivity index (χ3n) is 6.11. The van der Waals surface area contributed by atoms with Crippen LogP contribution in [0.5, 0.6) is 5.75 Å². The van der Waals surface area contributed by atoms with Gasteiger partial charge in [0.25, 0.3) is 5.91 Å². The Bertz CT molecular complexity index is 1160. The lowest BCUT2D eigenvalue weighted by Crippen LogP contribution is -2.58. The van der Waals surface area contributed by atoms with E-state index in [1.165, 1.54) is 0 Å². The lowest BCUT2D eigenvalue weighted by atomic mass is 10.1. The first-order valence-corrected chi connectivity index (χ1v) is 10.8. The fourth-order valence-corrected chi connectivity index (χ4v) is 4.45. The summed E-state index contributed by atoms with van der Waals surface area (Å²) < 4.78 is 12.8. The molecule has 3 atom stereocenters. The van der Waals surface area contributed by atoms with E-state index in [0.717, 1.165) is 11.3 Å². The Morgan fingerprint density at radius 2 is 2.12 bits per heavy atom. The van der Waals surface area contributed by atoms with Crippen molar-refractivity contribution in [3.63, 3.8) is 0 Å². The molecule has 0 radical (unpaired) electrons. The van der Waals surface area contributed by atoms with Crippen molar-refractivity contribution >= 4 is 11.8 Å². The first-order valence-electron chi connectivity index (χ1n) is 10.8. The predicted octanol–water partition coefficient (Wildman–Crippen LogP) is 0.393. The molecule has 5 rings (SSSR count).